The van der Waals surface area contributed by atoms with Crippen LogP contribution in [-0.2, 0) is 5.60 Å². The Morgan fingerprint density at radius 3 is 1.90 bits per heavy atom. The molecule has 0 spiro atoms. The van der Waals surface area contributed by atoms with Crippen LogP contribution in [-0.4, -0.2) is 5.11 Å². The zero-order valence-corrected chi connectivity index (χ0v) is 17.6. The summed E-state index contributed by atoms with van der Waals surface area (Å²) in [7, 11) is 0. The summed E-state index contributed by atoms with van der Waals surface area (Å²) in [5, 5.41) is 16.3. The van der Waals surface area contributed by atoms with Crippen molar-refractivity contribution in [1.82, 2.24) is 5.32 Å². The third-order valence-corrected chi connectivity index (χ3v) is 6.74. The second-order valence-corrected chi connectivity index (χ2v) is 8.46. The van der Waals surface area contributed by atoms with Crippen molar-refractivity contribution < 1.29 is 9.50 Å². The molecule has 2 nitrogen and oxygen atoms in total. The van der Waals surface area contributed by atoms with Crippen LogP contribution in [0.25, 0.3) is 0 Å². The summed E-state index contributed by atoms with van der Waals surface area (Å²) < 4.78 is 13.7. The van der Waals surface area contributed by atoms with E-state index in [1.54, 1.807) is 12.1 Å². The highest BCUT2D eigenvalue weighted by molar-refractivity contribution is 5.33. The first-order valence-electron chi connectivity index (χ1n) is 10.9. The van der Waals surface area contributed by atoms with Crippen molar-refractivity contribution in [2.45, 2.75) is 44.4 Å². The zero-order valence-electron chi connectivity index (χ0n) is 17.6. The maximum Gasteiger partial charge on any atom is 0.123 e. The van der Waals surface area contributed by atoms with Gasteiger partial charge in [-0.25, -0.2) is 4.39 Å². The highest BCUT2D eigenvalue weighted by Crippen LogP contribution is 2.53. The van der Waals surface area contributed by atoms with Gasteiger partial charge >= 0.3 is 0 Å². The first-order valence-corrected chi connectivity index (χ1v) is 10.9. The molecule has 156 valence electrons. The Balaban J connectivity index is 1.88. The number of hydrogen-bond acceptors (Lipinski definition) is 2. The number of benzene rings is 3. The van der Waals surface area contributed by atoms with Crippen LogP contribution in [0.4, 0.5) is 4.39 Å². The monoisotopic (exact) mass is 403 g/mol. The van der Waals surface area contributed by atoms with E-state index in [2.05, 4.69) is 43.4 Å². The summed E-state index contributed by atoms with van der Waals surface area (Å²) in [4.78, 5) is 0. The van der Waals surface area contributed by atoms with E-state index >= 15 is 0 Å². The number of rotatable bonds is 5. The molecular weight excluding hydrogens is 373 g/mol. The Bertz CT molecular complexity index is 944. The predicted molar refractivity (Wildman–Crippen MR) is 119 cm³/mol. The summed E-state index contributed by atoms with van der Waals surface area (Å²) in [6.07, 6.45) is 1.83. The second-order valence-electron chi connectivity index (χ2n) is 8.46. The first kappa shape index (κ1) is 20.8. The van der Waals surface area contributed by atoms with Crippen LogP contribution in [0.3, 0.4) is 0 Å². The molecule has 0 aliphatic carbocycles. The molecule has 0 amide bonds. The van der Waals surface area contributed by atoms with Gasteiger partial charge in [0.1, 0.15) is 5.82 Å². The Labute approximate surface area is 178 Å². The van der Waals surface area contributed by atoms with Gasteiger partial charge in [0.15, 0.2) is 0 Å². The summed E-state index contributed by atoms with van der Waals surface area (Å²) >= 11 is 0. The topological polar surface area (TPSA) is 32.3 Å². The molecule has 0 bridgehead atoms. The van der Waals surface area contributed by atoms with Crippen LogP contribution in [0.2, 0.25) is 0 Å². The summed E-state index contributed by atoms with van der Waals surface area (Å²) in [5.74, 6) is -0.414. The third kappa shape index (κ3) is 3.68. The summed E-state index contributed by atoms with van der Waals surface area (Å²) in [6, 6.07) is 27.1. The van der Waals surface area contributed by atoms with Gasteiger partial charge in [-0.05, 0) is 35.2 Å². The van der Waals surface area contributed by atoms with Gasteiger partial charge in [0.2, 0.25) is 0 Å². The fourth-order valence-corrected chi connectivity index (χ4v) is 5.23. The van der Waals surface area contributed by atoms with Crippen molar-refractivity contribution in [2.75, 3.05) is 0 Å². The molecule has 0 radical (unpaired) electrons. The molecule has 3 aromatic carbocycles. The van der Waals surface area contributed by atoms with E-state index in [0.29, 0.717) is 0 Å². The van der Waals surface area contributed by atoms with Crippen LogP contribution in [0.1, 0.15) is 55.5 Å². The molecule has 0 saturated carbocycles. The van der Waals surface area contributed by atoms with Gasteiger partial charge in [0, 0.05) is 23.9 Å². The smallest absolute Gasteiger partial charge is 0.123 e. The molecule has 1 fully saturated rings. The van der Waals surface area contributed by atoms with E-state index in [1.807, 2.05) is 36.4 Å². The van der Waals surface area contributed by atoms with Gasteiger partial charge in [0.05, 0.1) is 5.60 Å². The van der Waals surface area contributed by atoms with E-state index in [4.69, 9.17) is 0 Å². The van der Waals surface area contributed by atoms with Crippen molar-refractivity contribution in [3.63, 3.8) is 0 Å². The van der Waals surface area contributed by atoms with E-state index in [-0.39, 0.29) is 29.7 Å². The molecule has 3 aromatic rings. The van der Waals surface area contributed by atoms with E-state index in [0.717, 1.165) is 24.0 Å². The lowest BCUT2D eigenvalue weighted by molar-refractivity contribution is -0.127. The lowest BCUT2D eigenvalue weighted by atomic mass is 9.61. The molecule has 1 saturated heterocycles. The SMILES string of the molecule is CCC[C@@H]1[C@@H](c2ccccc2)N[C@H](c2ccccc2)[C@H](C)[C@@]1(O)c1ccc(F)cc1. The number of piperidine rings is 1. The molecule has 0 aromatic heterocycles. The molecule has 5 atom stereocenters. The molecule has 1 heterocycles. The maximum absolute atomic E-state index is 13.7. The van der Waals surface area contributed by atoms with Crippen LogP contribution in [0, 0.1) is 17.7 Å². The van der Waals surface area contributed by atoms with E-state index in [9.17, 15) is 9.50 Å². The second kappa shape index (κ2) is 8.71. The number of halogens is 1. The standard InChI is InChI=1S/C27H30FNO/c1-3-10-24-26(21-13-8-5-9-14-21)29-25(20-11-6-4-7-12-20)19(2)27(24,30)22-15-17-23(28)18-16-22/h4-9,11-19,24-26,29-30H,3,10H2,1-2H3/t19-,24+,25-,26+,27+/m0/s1. The van der Waals surface area contributed by atoms with Crippen molar-refractivity contribution in [2.24, 2.45) is 11.8 Å². The van der Waals surface area contributed by atoms with Crippen LogP contribution in [0.15, 0.2) is 84.9 Å². The van der Waals surface area contributed by atoms with Gasteiger partial charge in [-0.3, -0.25) is 0 Å². The van der Waals surface area contributed by atoms with Crippen LogP contribution < -0.4 is 5.32 Å². The van der Waals surface area contributed by atoms with E-state index < -0.39 is 5.60 Å². The zero-order chi connectivity index (χ0) is 21.1. The molecular formula is C27H30FNO. The lowest BCUT2D eigenvalue weighted by Gasteiger charge is -2.53. The minimum atomic E-state index is -1.09. The minimum Gasteiger partial charge on any atom is -0.384 e. The van der Waals surface area contributed by atoms with Crippen molar-refractivity contribution in [1.29, 1.82) is 0 Å². The number of aliphatic hydroxyl groups is 1. The highest BCUT2D eigenvalue weighted by atomic mass is 19.1. The van der Waals surface area contributed by atoms with Crippen molar-refractivity contribution in [3.8, 4) is 0 Å². The summed E-state index contributed by atoms with van der Waals surface area (Å²) in [6.45, 7) is 4.26. The molecule has 4 rings (SSSR count). The van der Waals surface area contributed by atoms with Gasteiger partial charge in [-0.15, -0.1) is 0 Å². The van der Waals surface area contributed by atoms with Crippen LogP contribution in [0.5, 0.6) is 0 Å². The largest absolute Gasteiger partial charge is 0.384 e. The molecule has 30 heavy (non-hydrogen) atoms. The minimum absolute atomic E-state index is 0.0115. The maximum atomic E-state index is 13.7. The first-order chi connectivity index (χ1) is 14.6. The fourth-order valence-electron chi connectivity index (χ4n) is 5.23. The Morgan fingerprint density at radius 1 is 0.833 bits per heavy atom. The average Bonchev–Trinajstić information content (AvgIpc) is 2.79. The van der Waals surface area contributed by atoms with Crippen molar-refractivity contribution >= 4 is 0 Å². The number of nitrogens with one attached hydrogen (secondary N) is 1. The lowest BCUT2D eigenvalue weighted by Crippen LogP contribution is -2.56. The average molecular weight is 404 g/mol. The highest BCUT2D eigenvalue weighted by Gasteiger charge is 2.53. The molecule has 0 unspecified atom stereocenters. The predicted octanol–water partition coefficient (Wildman–Crippen LogP) is 6.15. The van der Waals surface area contributed by atoms with Gasteiger partial charge in [-0.1, -0.05) is 93.1 Å². The van der Waals surface area contributed by atoms with Gasteiger partial charge in [0.25, 0.3) is 0 Å². The third-order valence-electron chi connectivity index (χ3n) is 6.74. The Hall–Kier alpha value is -2.49. The molecule has 3 heteroatoms. The van der Waals surface area contributed by atoms with Crippen molar-refractivity contribution in [3.05, 3.63) is 107 Å². The van der Waals surface area contributed by atoms with Gasteiger partial charge < -0.3 is 10.4 Å². The Morgan fingerprint density at radius 2 is 1.37 bits per heavy atom. The fraction of sp³-hybridized carbons (Fsp3) is 0.333. The quantitative estimate of drug-likeness (QED) is 0.535. The van der Waals surface area contributed by atoms with Crippen LogP contribution >= 0.6 is 0 Å². The number of hydrogen-bond donors (Lipinski definition) is 2. The summed E-state index contributed by atoms with van der Waals surface area (Å²) in [5.41, 5.74) is 2.03. The molecule has 1 aliphatic rings. The van der Waals surface area contributed by atoms with Gasteiger partial charge in [-0.2, -0.15) is 0 Å². The molecule has 2 N–H and O–H groups in total. The van der Waals surface area contributed by atoms with E-state index in [1.165, 1.54) is 17.7 Å². The molecule has 1 aliphatic heterocycles. The normalized spacial score (nSPS) is 28.9. The Kier molecular flexibility index (Phi) is 6.03.